The van der Waals surface area contributed by atoms with Crippen molar-refractivity contribution >= 4 is 5.78 Å². The summed E-state index contributed by atoms with van der Waals surface area (Å²) in [6.45, 7) is 12.5. The first-order valence-corrected chi connectivity index (χ1v) is 7.63. The molecule has 3 nitrogen and oxygen atoms in total. The van der Waals surface area contributed by atoms with Crippen molar-refractivity contribution in [2.75, 3.05) is 6.61 Å². The molecule has 0 unspecified atom stereocenters. The lowest BCUT2D eigenvalue weighted by molar-refractivity contribution is 0.0920. The molecule has 1 aromatic carbocycles. The fourth-order valence-electron chi connectivity index (χ4n) is 3.02. The largest absolute Gasteiger partial charge is 0.485 e. The van der Waals surface area contributed by atoms with Crippen molar-refractivity contribution in [2.24, 2.45) is 0 Å². The van der Waals surface area contributed by atoms with E-state index in [0.717, 1.165) is 28.3 Å². The number of ketones is 1. The van der Waals surface area contributed by atoms with E-state index >= 15 is 0 Å². The van der Waals surface area contributed by atoms with E-state index in [0.29, 0.717) is 0 Å². The fraction of sp³-hybridized carbons (Fsp3) is 0.421. The minimum absolute atomic E-state index is 0.0202. The number of nitrogens with zero attached hydrogens (tertiary/aromatic N) is 1. The van der Waals surface area contributed by atoms with Crippen molar-refractivity contribution in [3.8, 4) is 5.75 Å². The second-order valence-electron chi connectivity index (χ2n) is 6.77. The molecule has 0 aliphatic rings. The molecule has 3 heteroatoms. The molecule has 0 aliphatic carbocycles. The van der Waals surface area contributed by atoms with Crippen molar-refractivity contribution in [1.82, 2.24) is 4.57 Å². The van der Waals surface area contributed by atoms with Gasteiger partial charge in [0, 0.05) is 22.5 Å². The van der Waals surface area contributed by atoms with Gasteiger partial charge in [0.05, 0.1) is 0 Å². The maximum absolute atomic E-state index is 12.5. The highest BCUT2D eigenvalue weighted by atomic mass is 16.5. The lowest BCUT2D eigenvalue weighted by Gasteiger charge is -2.25. The van der Waals surface area contributed by atoms with Crippen LogP contribution in [0.4, 0.5) is 0 Å². The summed E-state index contributed by atoms with van der Waals surface area (Å²) in [4.78, 5) is 12.5. The lowest BCUT2D eigenvalue weighted by atomic mass is 10.1. The van der Waals surface area contributed by atoms with Crippen LogP contribution in [0.25, 0.3) is 0 Å². The maximum atomic E-state index is 12.5. The van der Waals surface area contributed by atoms with Crippen molar-refractivity contribution in [1.29, 1.82) is 0 Å². The Morgan fingerprint density at radius 1 is 1.14 bits per heavy atom. The third-order valence-electron chi connectivity index (χ3n) is 3.85. The van der Waals surface area contributed by atoms with Crippen molar-refractivity contribution < 1.29 is 9.53 Å². The van der Waals surface area contributed by atoms with E-state index in [9.17, 15) is 4.79 Å². The number of carbonyl (C=O) groups is 1. The number of hydrogen-bond acceptors (Lipinski definition) is 2. The Kier molecular flexibility index (Phi) is 4.45. The van der Waals surface area contributed by atoms with Gasteiger partial charge in [-0.2, -0.15) is 0 Å². The van der Waals surface area contributed by atoms with Gasteiger partial charge in [-0.1, -0.05) is 18.2 Å². The normalized spacial score (nSPS) is 11.5. The average Bonchev–Trinajstić information content (AvgIpc) is 2.72. The second-order valence-corrected chi connectivity index (χ2v) is 6.77. The minimum atomic E-state index is -0.0381. The fourth-order valence-corrected chi connectivity index (χ4v) is 3.02. The zero-order chi connectivity index (χ0) is 16.5. The molecule has 2 aromatic rings. The van der Waals surface area contributed by atoms with Gasteiger partial charge in [-0.3, -0.25) is 4.79 Å². The molecule has 22 heavy (non-hydrogen) atoms. The van der Waals surface area contributed by atoms with E-state index in [4.69, 9.17) is 4.74 Å². The van der Waals surface area contributed by atoms with Crippen LogP contribution in [0.2, 0.25) is 0 Å². The Morgan fingerprint density at radius 3 is 2.32 bits per heavy atom. The number of Topliss-reactive ketones (excluding diaryl/α,β-unsaturated/α-hetero) is 1. The summed E-state index contributed by atoms with van der Waals surface area (Å²) >= 11 is 0. The predicted molar refractivity (Wildman–Crippen MR) is 89.9 cm³/mol. The Morgan fingerprint density at radius 2 is 1.77 bits per heavy atom. The molecule has 0 amide bonds. The van der Waals surface area contributed by atoms with E-state index < -0.39 is 0 Å². The molecule has 1 heterocycles. The van der Waals surface area contributed by atoms with Crippen LogP contribution in [0.15, 0.2) is 30.3 Å². The summed E-state index contributed by atoms with van der Waals surface area (Å²) in [5.41, 5.74) is 3.85. The first kappa shape index (κ1) is 16.3. The average molecular weight is 299 g/mol. The van der Waals surface area contributed by atoms with Crippen LogP contribution in [-0.4, -0.2) is 17.0 Å². The van der Waals surface area contributed by atoms with Crippen molar-refractivity contribution in [3.05, 3.63) is 52.8 Å². The maximum Gasteiger partial charge on any atom is 0.202 e. The van der Waals surface area contributed by atoms with Gasteiger partial charge in [-0.15, -0.1) is 0 Å². The summed E-state index contributed by atoms with van der Waals surface area (Å²) in [5, 5.41) is 0. The molecule has 118 valence electrons. The molecule has 0 spiro atoms. The molecule has 0 atom stereocenters. The molecule has 0 bridgehead atoms. The summed E-state index contributed by atoms with van der Waals surface area (Å²) in [5.74, 6) is 0.785. The molecule has 1 aromatic heterocycles. The first-order chi connectivity index (χ1) is 10.2. The van der Waals surface area contributed by atoms with Gasteiger partial charge in [0.25, 0.3) is 0 Å². The highest BCUT2D eigenvalue weighted by Gasteiger charge is 2.22. The van der Waals surface area contributed by atoms with Gasteiger partial charge in [0.15, 0.2) is 6.61 Å². The molecule has 2 rings (SSSR count). The van der Waals surface area contributed by atoms with Gasteiger partial charge in [-0.25, -0.2) is 0 Å². The monoisotopic (exact) mass is 299 g/mol. The smallest absolute Gasteiger partial charge is 0.202 e. The summed E-state index contributed by atoms with van der Waals surface area (Å²) < 4.78 is 7.89. The van der Waals surface area contributed by atoms with Gasteiger partial charge >= 0.3 is 0 Å². The Balaban J connectivity index is 2.19. The second kappa shape index (κ2) is 5.99. The molecule has 0 aliphatic heterocycles. The molecule has 0 radical (unpaired) electrons. The topological polar surface area (TPSA) is 31.2 Å². The zero-order valence-corrected chi connectivity index (χ0v) is 14.4. The number of rotatable bonds is 4. The van der Waals surface area contributed by atoms with Crippen LogP contribution >= 0.6 is 0 Å². The Bertz CT molecular complexity index is 690. The minimum Gasteiger partial charge on any atom is -0.485 e. The predicted octanol–water partition coefficient (Wildman–Crippen LogP) is 4.43. The number of ether oxygens (including phenoxy) is 1. The Hall–Kier alpha value is -2.03. The summed E-state index contributed by atoms with van der Waals surface area (Å²) in [7, 11) is 0. The first-order valence-electron chi connectivity index (χ1n) is 7.63. The van der Waals surface area contributed by atoms with Crippen LogP contribution in [0.5, 0.6) is 5.75 Å². The van der Waals surface area contributed by atoms with Gasteiger partial charge in [-0.05, 0) is 59.2 Å². The molecular formula is C19H25NO2. The van der Waals surface area contributed by atoms with Gasteiger partial charge < -0.3 is 9.30 Å². The molecule has 0 fully saturated rings. The van der Waals surface area contributed by atoms with Gasteiger partial charge in [0.2, 0.25) is 5.78 Å². The number of carbonyl (C=O) groups excluding carboxylic acids is 1. The number of hydrogen-bond donors (Lipinski definition) is 0. The highest BCUT2D eigenvalue weighted by Crippen LogP contribution is 2.25. The van der Waals surface area contributed by atoms with Crippen molar-refractivity contribution in [2.45, 2.75) is 47.1 Å². The highest BCUT2D eigenvalue weighted by molar-refractivity contribution is 5.98. The van der Waals surface area contributed by atoms with Crippen LogP contribution in [0.1, 0.15) is 48.1 Å². The third kappa shape index (κ3) is 3.24. The quantitative estimate of drug-likeness (QED) is 0.782. The standard InChI is InChI=1S/C19H25NO2/c1-13-9-7-8-10-18(13)22-12-17(21)16-11-14(2)20(15(16)3)19(4,5)6/h7-11H,12H2,1-6H3. The zero-order valence-electron chi connectivity index (χ0n) is 14.4. The summed E-state index contributed by atoms with van der Waals surface area (Å²) in [6, 6.07) is 9.70. The van der Waals surface area contributed by atoms with Crippen LogP contribution < -0.4 is 4.74 Å². The molecule has 0 saturated heterocycles. The van der Waals surface area contributed by atoms with E-state index in [1.165, 1.54) is 0 Å². The molecule has 0 saturated carbocycles. The number of aryl methyl sites for hydroxylation is 2. The summed E-state index contributed by atoms with van der Waals surface area (Å²) in [6.07, 6.45) is 0. The lowest BCUT2D eigenvalue weighted by Crippen LogP contribution is -2.24. The number of benzene rings is 1. The molecule has 0 N–H and O–H groups in total. The van der Waals surface area contributed by atoms with Gasteiger partial charge in [0.1, 0.15) is 5.75 Å². The SMILES string of the molecule is Cc1ccccc1OCC(=O)c1cc(C)n(C(C)(C)C)c1C. The van der Waals surface area contributed by atoms with Crippen LogP contribution in [0.3, 0.4) is 0 Å². The Labute approximate surface area is 132 Å². The number of aromatic nitrogens is 1. The van der Waals surface area contributed by atoms with E-state index in [-0.39, 0.29) is 17.9 Å². The van der Waals surface area contributed by atoms with Crippen molar-refractivity contribution in [3.63, 3.8) is 0 Å². The van der Waals surface area contributed by atoms with E-state index in [1.54, 1.807) is 0 Å². The number of para-hydroxylation sites is 1. The van der Waals surface area contributed by atoms with Crippen LogP contribution in [-0.2, 0) is 5.54 Å². The van der Waals surface area contributed by atoms with Crippen LogP contribution in [0, 0.1) is 20.8 Å². The van der Waals surface area contributed by atoms with E-state index in [2.05, 4.69) is 25.3 Å². The van der Waals surface area contributed by atoms with E-state index in [1.807, 2.05) is 51.1 Å². The molecular weight excluding hydrogens is 274 g/mol. The third-order valence-corrected chi connectivity index (χ3v) is 3.85.